The fourth-order valence-electron chi connectivity index (χ4n) is 1.91. The van der Waals surface area contributed by atoms with Crippen LogP contribution in [0.4, 0.5) is 0 Å². The highest BCUT2D eigenvalue weighted by atomic mass is 13.9. The molecule has 0 rings (SSSR count). The molecule has 0 atom stereocenters. The summed E-state index contributed by atoms with van der Waals surface area (Å²) in [6.07, 6.45) is 24.0. The molecular formula is C17H32. The third-order valence-electron chi connectivity index (χ3n) is 3.03. The molecule has 0 aromatic heterocycles. The molecule has 0 aliphatic heterocycles. The molecule has 17 heavy (non-hydrogen) atoms. The van der Waals surface area contributed by atoms with Crippen molar-refractivity contribution in [2.24, 2.45) is 0 Å². The molecule has 0 N–H and O–H groups in total. The van der Waals surface area contributed by atoms with E-state index in [0.29, 0.717) is 0 Å². The Morgan fingerprint density at radius 1 is 0.529 bits per heavy atom. The predicted molar refractivity (Wildman–Crippen MR) is 80.4 cm³/mol. The average molecular weight is 236 g/mol. The number of hydrogen-bond acceptors (Lipinski definition) is 0. The van der Waals surface area contributed by atoms with Gasteiger partial charge in [0.15, 0.2) is 0 Å². The molecule has 0 saturated carbocycles. The van der Waals surface area contributed by atoms with Crippen molar-refractivity contribution in [1.82, 2.24) is 0 Å². The zero-order valence-electron chi connectivity index (χ0n) is 12.1. The summed E-state index contributed by atoms with van der Waals surface area (Å²) >= 11 is 0. The second-order valence-electron chi connectivity index (χ2n) is 4.84. The number of hydrogen-bond donors (Lipinski definition) is 0. The van der Waals surface area contributed by atoms with E-state index < -0.39 is 0 Å². The average Bonchev–Trinajstić information content (AvgIpc) is 2.35. The molecule has 0 aromatic rings. The third-order valence-corrected chi connectivity index (χ3v) is 3.03. The molecule has 0 spiro atoms. The lowest BCUT2D eigenvalue weighted by Gasteiger charge is -1.96. The molecular weight excluding hydrogens is 204 g/mol. The van der Waals surface area contributed by atoms with Gasteiger partial charge in [-0.3, -0.25) is 0 Å². The Morgan fingerprint density at radius 2 is 1.00 bits per heavy atom. The van der Waals surface area contributed by atoms with Crippen molar-refractivity contribution >= 4 is 0 Å². The van der Waals surface area contributed by atoms with Gasteiger partial charge in [0, 0.05) is 0 Å². The van der Waals surface area contributed by atoms with Crippen LogP contribution in [0.25, 0.3) is 0 Å². The van der Waals surface area contributed by atoms with E-state index in [0.717, 1.165) is 0 Å². The van der Waals surface area contributed by atoms with Crippen molar-refractivity contribution in [2.45, 2.75) is 84.5 Å². The standard InChI is InChI=1S/C17H32/c1-3-5-7-9-11-13-15-17-16-14-12-10-8-6-4-2/h5,7,16-17H,3-4,6,8-15H2,1-2H3/b7-5+,17-16+. The van der Waals surface area contributed by atoms with Crippen LogP contribution in [0.3, 0.4) is 0 Å². The topological polar surface area (TPSA) is 0 Å². The number of allylic oxidation sites excluding steroid dienone is 4. The molecule has 0 amide bonds. The van der Waals surface area contributed by atoms with Crippen molar-refractivity contribution in [3.63, 3.8) is 0 Å². The molecule has 0 heterocycles. The van der Waals surface area contributed by atoms with E-state index in [2.05, 4.69) is 38.2 Å². The second-order valence-corrected chi connectivity index (χ2v) is 4.84. The molecule has 0 fully saturated rings. The fourth-order valence-corrected chi connectivity index (χ4v) is 1.91. The van der Waals surface area contributed by atoms with E-state index in [-0.39, 0.29) is 0 Å². The summed E-state index contributed by atoms with van der Waals surface area (Å²) in [5, 5.41) is 0. The van der Waals surface area contributed by atoms with Crippen LogP contribution in [0.1, 0.15) is 84.5 Å². The van der Waals surface area contributed by atoms with Gasteiger partial charge in [-0.25, -0.2) is 0 Å². The van der Waals surface area contributed by atoms with Gasteiger partial charge in [-0.2, -0.15) is 0 Å². The maximum absolute atomic E-state index is 2.38. The Labute approximate surface area is 109 Å². The van der Waals surface area contributed by atoms with E-state index >= 15 is 0 Å². The fraction of sp³-hybridized carbons (Fsp3) is 0.765. The van der Waals surface area contributed by atoms with Gasteiger partial charge in [0.25, 0.3) is 0 Å². The van der Waals surface area contributed by atoms with Crippen molar-refractivity contribution in [3.8, 4) is 0 Å². The summed E-state index contributed by atoms with van der Waals surface area (Å²) < 4.78 is 0. The molecule has 0 saturated heterocycles. The summed E-state index contributed by atoms with van der Waals surface area (Å²) in [6, 6.07) is 0. The van der Waals surface area contributed by atoms with Crippen LogP contribution < -0.4 is 0 Å². The normalized spacial score (nSPS) is 11.9. The van der Waals surface area contributed by atoms with Gasteiger partial charge in [-0.05, 0) is 44.9 Å². The molecule has 0 aromatic carbocycles. The minimum Gasteiger partial charge on any atom is -0.0888 e. The van der Waals surface area contributed by atoms with E-state index in [1.54, 1.807) is 0 Å². The van der Waals surface area contributed by atoms with Gasteiger partial charge >= 0.3 is 0 Å². The van der Waals surface area contributed by atoms with Crippen molar-refractivity contribution in [3.05, 3.63) is 24.3 Å². The largest absolute Gasteiger partial charge is 0.0888 e. The van der Waals surface area contributed by atoms with Crippen LogP contribution in [-0.4, -0.2) is 0 Å². The minimum absolute atomic E-state index is 1.18. The maximum Gasteiger partial charge on any atom is -0.0351 e. The Hall–Kier alpha value is -0.520. The van der Waals surface area contributed by atoms with Gasteiger partial charge < -0.3 is 0 Å². The van der Waals surface area contributed by atoms with Crippen LogP contribution in [0.15, 0.2) is 24.3 Å². The maximum atomic E-state index is 2.38. The minimum atomic E-state index is 1.18. The lowest BCUT2D eigenvalue weighted by atomic mass is 10.1. The smallest absolute Gasteiger partial charge is 0.0351 e. The lowest BCUT2D eigenvalue weighted by Crippen LogP contribution is -1.76. The highest BCUT2D eigenvalue weighted by molar-refractivity contribution is 4.83. The molecule has 100 valence electrons. The van der Waals surface area contributed by atoms with Crippen molar-refractivity contribution in [1.29, 1.82) is 0 Å². The summed E-state index contributed by atoms with van der Waals surface area (Å²) in [4.78, 5) is 0. The molecule has 0 unspecified atom stereocenters. The van der Waals surface area contributed by atoms with Crippen molar-refractivity contribution in [2.75, 3.05) is 0 Å². The van der Waals surface area contributed by atoms with Gasteiger partial charge in [-0.1, -0.05) is 63.8 Å². The van der Waals surface area contributed by atoms with Crippen LogP contribution in [-0.2, 0) is 0 Å². The SMILES string of the molecule is CC/C=C/CCCC/C=C/CCCCCCC. The molecule has 0 aliphatic carbocycles. The monoisotopic (exact) mass is 236 g/mol. The molecule has 0 nitrogen and oxygen atoms in total. The van der Waals surface area contributed by atoms with Gasteiger partial charge in [0.1, 0.15) is 0 Å². The summed E-state index contributed by atoms with van der Waals surface area (Å²) in [7, 11) is 0. The van der Waals surface area contributed by atoms with Gasteiger partial charge in [0.05, 0.1) is 0 Å². The van der Waals surface area contributed by atoms with E-state index in [1.807, 2.05) is 0 Å². The molecule has 0 radical (unpaired) electrons. The number of unbranched alkanes of at least 4 members (excludes halogenated alkanes) is 8. The summed E-state index contributed by atoms with van der Waals surface area (Å²) in [6.45, 7) is 4.47. The first-order chi connectivity index (χ1) is 8.41. The first kappa shape index (κ1) is 16.5. The second kappa shape index (κ2) is 15.5. The summed E-state index contributed by atoms with van der Waals surface area (Å²) in [5.74, 6) is 0. The van der Waals surface area contributed by atoms with Crippen LogP contribution in [0, 0.1) is 0 Å². The zero-order chi connectivity index (χ0) is 12.6. The number of rotatable bonds is 12. The highest BCUT2D eigenvalue weighted by Crippen LogP contribution is 2.07. The molecule has 0 heteroatoms. The predicted octanol–water partition coefficient (Wildman–Crippen LogP) is 6.43. The van der Waals surface area contributed by atoms with Gasteiger partial charge in [-0.15, -0.1) is 0 Å². The molecule has 0 bridgehead atoms. The zero-order valence-corrected chi connectivity index (χ0v) is 12.1. The van der Waals surface area contributed by atoms with Crippen LogP contribution >= 0.6 is 0 Å². The van der Waals surface area contributed by atoms with E-state index in [9.17, 15) is 0 Å². The Balaban J connectivity index is 3.07. The Bertz CT molecular complexity index is 176. The Kier molecular flexibility index (Phi) is 15.0. The van der Waals surface area contributed by atoms with Crippen LogP contribution in [0.2, 0.25) is 0 Å². The highest BCUT2D eigenvalue weighted by Gasteiger charge is 1.87. The quantitative estimate of drug-likeness (QED) is 0.270. The summed E-state index contributed by atoms with van der Waals surface area (Å²) in [5.41, 5.74) is 0. The van der Waals surface area contributed by atoms with E-state index in [1.165, 1.54) is 70.6 Å². The Morgan fingerprint density at radius 3 is 1.53 bits per heavy atom. The van der Waals surface area contributed by atoms with Gasteiger partial charge in [0.2, 0.25) is 0 Å². The third kappa shape index (κ3) is 15.5. The van der Waals surface area contributed by atoms with Crippen LogP contribution in [0.5, 0.6) is 0 Å². The first-order valence-electron chi connectivity index (χ1n) is 7.71. The van der Waals surface area contributed by atoms with Crippen molar-refractivity contribution < 1.29 is 0 Å². The molecule has 0 aliphatic rings. The lowest BCUT2D eigenvalue weighted by molar-refractivity contribution is 0.636. The first-order valence-corrected chi connectivity index (χ1v) is 7.71. The van der Waals surface area contributed by atoms with E-state index in [4.69, 9.17) is 0 Å².